The molecule has 29 heavy (non-hydrogen) atoms. The van der Waals surface area contributed by atoms with E-state index in [1.165, 1.54) is 16.4 Å². The molecule has 2 amide bonds. The van der Waals surface area contributed by atoms with Gasteiger partial charge in [0.2, 0.25) is 10.0 Å². The number of nitrogens with one attached hydrogen (secondary N) is 2. The van der Waals surface area contributed by atoms with E-state index in [-0.39, 0.29) is 11.4 Å². The summed E-state index contributed by atoms with van der Waals surface area (Å²) in [5.74, 6) is 1.31. The molecule has 2 aromatic rings. The largest absolute Gasteiger partial charge is 0.497 e. The molecular formula is C20H25N3O5S. The van der Waals surface area contributed by atoms with Crippen LogP contribution in [0.15, 0.2) is 47.4 Å². The van der Waals surface area contributed by atoms with E-state index in [1.54, 1.807) is 44.6 Å². The highest BCUT2D eigenvalue weighted by molar-refractivity contribution is 7.89. The second kappa shape index (κ2) is 9.15. The van der Waals surface area contributed by atoms with Crippen molar-refractivity contribution in [3.8, 4) is 11.5 Å². The summed E-state index contributed by atoms with van der Waals surface area (Å²) in [5, 5.41) is 5.45. The van der Waals surface area contributed by atoms with E-state index in [0.29, 0.717) is 30.3 Å². The standard InChI is InChI=1S/C20H25N3O5S/c1-27-17-7-10-19(28-2)15(13-17)14-21-20(24)22-16-5-8-18(9-6-16)29(25,26)23-11-3-4-12-23/h5-10,13H,3-4,11-12,14H2,1-2H3,(H2,21,22,24). The van der Waals surface area contributed by atoms with Crippen LogP contribution in [0.4, 0.5) is 10.5 Å². The van der Waals surface area contributed by atoms with Crippen molar-refractivity contribution < 1.29 is 22.7 Å². The summed E-state index contributed by atoms with van der Waals surface area (Å²) in [6, 6.07) is 11.1. The zero-order valence-corrected chi connectivity index (χ0v) is 17.3. The molecule has 156 valence electrons. The van der Waals surface area contributed by atoms with Gasteiger partial charge in [-0.1, -0.05) is 0 Å². The molecule has 0 saturated carbocycles. The van der Waals surface area contributed by atoms with Crippen molar-refractivity contribution in [2.24, 2.45) is 0 Å². The van der Waals surface area contributed by atoms with Crippen LogP contribution in [0.1, 0.15) is 18.4 Å². The molecule has 0 aliphatic carbocycles. The van der Waals surface area contributed by atoms with Crippen LogP contribution >= 0.6 is 0 Å². The first kappa shape index (κ1) is 20.9. The fourth-order valence-corrected chi connectivity index (χ4v) is 4.68. The average molecular weight is 420 g/mol. The van der Waals surface area contributed by atoms with Crippen LogP contribution in [0.3, 0.4) is 0 Å². The number of nitrogens with zero attached hydrogens (tertiary/aromatic N) is 1. The fourth-order valence-electron chi connectivity index (χ4n) is 3.16. The lowest BCUT2D eigenvalue weighted by molar-refractivity contribution is 0.251. The summed E-state index contributed by atoms with van der Waals surface area (Å²) < 4.78 is 37.1. The van der Waals surface area contributed by atoms with Gasteiger partial charge in [-0.2, -0.15) is 4.31 Å². The van der Waals surface area contributed by atoms with E-state index in [0.717, 1.165) is 18.4 Å². The molecule has 2 N–H and O–H groups in total. The Morgan fingerprint density at radius 1 is 1.03 bits per heavy atom. The number of ether oxygens (including phenoxy) is 2. The van der Waals surface area contributed by atoms with Crippen molar-refractivity contribution in [1.82, 2.24) is 9.62 Å². The van der Waals surface area contributed by atoms with Crippen LogP contribution in [-0.2, 0) is 16.6 Å². The van der Waals surface area contributed by atoms with Gasteiger partial charge >= 0.3 is 6.03 Å². The summed E-state index contributed by atoms with van der Waals surface area (Å²) in [6.07, 6.45) is 1.77. The first-order valence-corrected chi connectivity index (χ1v) is 10.7. The molecule has 1 aliphatic rings. The maximum atomic E-state index is 12.5. The SMILES string of the molecule is COc1ccc(OC)c(CNC(=O)Nc2ccc(S(=O)(=O)N3CCCC3)cc2)c1. The highest BCUT2D eigenvalue weighted by atomic mass is 32.2. The summed E-state index contributed by atoms with van der Waals surface area (Å²) in [4.78, 5) is 12.4. The lowest BCUT2D eigenvalue weighted by Gasteiger charge is -2.16. The van der Waals surface area contributed by atoms with Crippen LogP contribution in [-0.4, -0.2) is 46.1 Å². The van der Waals surface area contributed by atoms with Crippen molar-refractivity contribution in [1.29, 1.82) is 0 Å². The molecule has 1 heterocycles. The predicted molar refractivity (Wildman–Crippen MR) is 110 cm³/mol. The fraction of sp³-hybridized carbons (Fsp3) is 0.350. The molecule has 3 rings (SSSR count). The molecule has 1 aliphatic heterocycles. The van der Waals surface area contributed by atoms with Gasteiger partial charge in [-0.15, -0.1) is 0 Å². The highest BCUT2D eigenvalue weighted by Gasteiger charge is 2.26. The van der Waals surface area contributed by atoms with Crippen molar-refractivity contribution in [2.75, 3.05) is 32.6 Å². The first-order valence-electron chi connectivity index (χ1n) is 9.30. The third kappa shape index (κ3) is 4.99. The molecule has 0 radical (unpaired) electrons. The maximum absolute atomic E-state index is 12.5. The van der Waals surface area contributed by atoms with Gasteiger partial charge < -0.3 is 20.1 Å². The van der Waals surface area contributed by atoms with E-state index in [9.17, 15) is 13.2 Å². The Balaban J connectivity index is 1.60. The molecule has 0 unspecified atom stereocenters. The summed E-state index contributed by atoms with van der Waals surface area (Å²) >= 11 is 0. The Morgan fingerprint density at radius 3 is 2.34 bits per heavy atom. The van der Waals surface area contributed by atoms with E-state index in [4.69, 9.17) is 9.47 Å². The molecular weight excluding hydrogens is 394 g/mol. The number of anilines is 1. The van der Waals surface area contributed by atoms with Gasteiger partial charge in [0.15, 0.2) is 0 Å². The van der Waals surface area contributed by atoms with Gasteiger partial charge in [0, 0.05) is 30.9 Å². The second-order valence-electron chi connectivity index (χ2n) is 6.62. The van der Waals surface area contributed by atoms with Gasteiger partial charge in [-0.05, 0) is 55.3 Å². The number of benzene rings is 2. The van der Waals surface area contributed by atoms with Gasteiger partial charge in [-0.3, -0.25) is 0 Å². The maximum Gasteiger partial charge on any atom is 0.319 e. The van der Waals surface area contributed by atoms with Crippen LogP contribution < -0.4 is 20.1 Å². The van der Waals surface area contributed by atoms with Crippen LogP contribution in [0.5, 0.6) is 11.5 Å². The summed E-state index contributed by atoms with van der Waals surface area (Å²) in [5.41, 5.74) is 1.27. The molecule has 0 atom stereocenters. The van der Waals surface area contributed by atoms with Gasteiger partial charge in [0.1, 0.15) is 11.5 Å². The molecule has 0 spiro atoms. The number of carbonyl (C=O) groups is 1. The smallest absolute Gasteiger partial charge is 0.319 e. The minimum absolute atomic E-state index is 0.228. The molecule has 1 saturated heterocycles. The van der Waals surface area contributed by atoms with E-state index >= 15 is 0 Å². The minimum atomic E-state index is -3.47. The number of methoxy groups -OCH3 is 2. The van der Waals surface area contributed by atoms with E-state index < -0.39 is 16.1 Å². The number of hydrogen-bond acceptors (Lipinski definition) is 5. The lowest BCUT2D eigenvalue weighted by Crippen LogP contribution is -2.29. The van der Waals surface area contributed by atoms with Crippen molar-refractivity contribution >= 4 is 21.7 Å². The Bertz CT molecular complexity index is 955. The zero-order valence-electron chi connectivity index (χ0n) is 16.5. The van der Waals surface area contributed by atoms with Crippen LogP contribution in [0.2, 0.25) is 0 Å². The number of carbonyl (C=O) groups excluding carboxylic acids is 1. The molecule has 9 heteroatoms. The van der Waals surface area contributed by atoms with Crippen molar-refractivity contribution in [3.05, 3.63) is 48.0 Å². The van der Waals surface area contributed by atoms with Gasteiger partial charge in [-0.25, -0.2) is 13.2 Å². The van der Waals surface area contributed by atoms with Crippen LogP contribution in [0.25, 0.3) is 0 Å². The van der Waals surface area contributed by atoms with Crippen LogP contribution in [0, 0.1) is 0 Å². The zero-order chi connectivity index (χ0) is 20.9. The molecule has 0 aromatic heterocycles. The number of rotatable bonds is 7. The second-order valence-corrected chi connectivity index (χ2v) is 8.56. The number of hydrogen-bond donors (Lipinski definition) is 2. The van der Waals surface area contributed by atoms with Crippen molar-refractivity contribution in [3.63, 3.8) is 0 Å². The lowest BCUT2D eigenvalue weighted by atomic mass is 10.2. The quantitative estimate of drug-likeness (QED) is 0.719. The molecule has 1 fully saturated rings. The monoisotopic (exact) mass is 419 g/mol. The average Bonchev–Trinajstić information content (AvgIpc) is 3.28. The van der Waals surface area contributed by atoms with Crippen molar-refractivity contribution in [2.45, 2.75) is 24.3 Å². The Hall–Kier alpha value is -2.78. The molecule has 0 bridgehead atoms. The minimum Gasteiger partial charge on any atom is -0.497 e. The topological polar surface area (TPSA) is 97.0 Å². The highest BCUT2D eigenvalue weighted by Crippen LogP contribution is 2.24. The van der Waals surface area contributed by atoms with Gasteiger partial charge in [0.25, 0.3) is 0 Å². The first-order chi connectivity index (χ1) is 13.9. The Morgan fingerprint density at radius 2 is 1.72 bits per heavy atom. The molecule has 2 aromatic carbocycles. The van der Waals surface area contributed by atoms with Gasteiger partial charge in [0.05, 0.1) is 19.1 Å². The molecule has 8 nitrogen and oxygen atoms in total. The third-order valence-corrected chi connectivity index (χ3v) is 6.65. The number of urea groups is 1. The van der Waals surface area contributed by atoms with E-state index in [2.05, 4.69) is 10.6 Å². The Labute approximate surface area is 170 Å². The summed E-state index contributed by atoms with van der Waals surface area (Å²) in [6.45, 7) is 1.35. The summed E-state index contributed by atoms with van der Waals surface area (Å²) in [7, 11) is -0.338. The third-order valence-electron chi connectivity index (χ3n) is 4.74. The Kier molecular flexibility index (Phi) is 6.60. The van der Waals surface area contributed by atoms with E-state index in [1.807, 2.05) is 0 Å². The number of sulfonamides is 1. The predicted octanol–water partition coefficient (Wildman–Crippen LogP) is 2.81. The number of amides is 2. The normalized spacial score (nSPS) is 14.4.